The second-order valence-corrected chi connectivity index (χ2v) is 6.75. The zero-order chi connectivity index (χ0) is 17.5. The van der Waals surface area contributed by atoms with Gasteiger partial charge < -0.3 is 15.1 Å². The van der Waals surface area contributed by atoms with Gasteiger partial charge in [0, 0.05) is 32.9 Å². The number of urea groups is 1. The zero-order valence-corrected chi connectivity index (χ0v) is 15.0. The lowest BCUT2D eigenvalue weighted by atomic mass is 9.97. The Morgan fingerprint density at radius 1 is 1.25 bits per heavy atom. The van der Waals surface area contributed by atoms with Gasteiger partial charge in [0.15, 0.2) is 0 Å². The van der Waals surface area contributed by atoms with Gasteiger partial charge in [-0.15, -0.1) is 0 Å². The van der Waals surface area contributed by atoms with Gasteiger partial charge in [0.1, 0.15) is 0 Å². The summed E-state index contributed by atoms with van der Waals surface area (Å²) in [6.07, 6.45) is 5.14. The molecule has 1 fully saturated rings. The van der Waals surface area contributed by atoms with Gasteiger partial charge >= 0.3 is 6.03 Å². The Kier molecular flexibility index (Phi) is 6.64. The Bertz CT molecular complexity index is 554. The molecule has 1 N–H and O–H groups in total. The standard InChI is InChI=1S/C19H29N3O2/c1-4-5-7-15-9-11-17(12-10-15)20-18(23)16-8-6-13-22(14-16)19(24)21(2)3/h9-12,16H,4-8,13-14H2,1-3H3,(H,20,23)/t16-/m0/s1. The number of hydrogen-bond acceptors (Lipinski definition) is 2. The van der Waals surface area contributed by atoms with Crippen molar-refractivity contribution < 1.29 is 9.59 Å². The molecule has 0 unspecified atom stereocenters. The van der Waals surface area contributed by atoms with Crippen LogP contribution < -0.4 is 5.32 Å². The minimum absolute atomic E-state index is 0.00700. The minimum Gasteiger partial charge on any atom is -0.331 e. The van der Waals surface area contributed by atoms with Crippen molar-refractivity contribution in [2.45, 2.75) is 39.0 Å². The smallest absolute Gasteiger partial charge is 0.319 e. The summed E-state index contributed by atoms with van der Waals surface area (Å²) >= 11 is 0. The van der Waals surface area contributed by atoms with E-state index in [-0.39, 0.29) is 17.9 Å². The maximum absolute atomic E-state index is 12.5. The van der Waals surface area contributed by atoms with E-state index < -0.39 is 0 Å². The van der Waals surface area contributed by atoms with E-state index in [0.29, 0.717) is 6.54 Å². The van der Waals surface area contributed by atoms with Gasteiger partial charge in [0.25, 0.3) is 0 Å². The van der Waals surface area contributed by atoms with Crippen LogP contribution in [-0.2, 0) is 11.2 Å². The first kappa shape index (κ1) is 18.3. The van der Waals surface area contributed by atoms with E-state index in [9.17, 15) is 9.59 Å². The number of nitrogens with one attached hydrogen (secondary N) is 1. The van der Waals surface area contributed by atoms with Gasteiger partial charge in [0.2, 0.25) is 5.91 Å². The van der Waals surface area contributed by atoms with Crippen molar-refractivity contribution in [2.75, 3.05) is 32.5 Å². The molecule has 1 aliphatic heterocycles. The number of carbonyl (C=O) groups is 2. The van der Waals surface area contributed by atoms with E-state index in [0.717, 1.165) is 31.5 Å². The van der Waals surface area contributed by atoms with E-state index in [4.69, 9.17) is 0 Å². The molecule has 1 saturated heterocycles. The molecule has 1 atom stereocenters. The molecule has 132 valence electrons. The van der Waals surface area contributed by atoms with Crippen molar-refractivity contribution in [3.05, 3.63) is 29.8 Å². The predicted molar refractivity (Wildman–Crippen MR) is 97.1 cm³/mol. The molecule has 2 rings (SSSR count). The van der Waals surface area contributed by atoms with Crippen LogP contribution in [0.3, 0.4) is 0 Å². The van der Waals surface area contributed by atoms with Gasteiger partial charge in [0.05, 0.1) is 5.92 Å². The molecular formula is C19H29N3O2. The van der Waals surface area contributed by atoms with Gasteiger partial charge in [-0.3, -0.25) is 4.79 Å². The average molecular weight is 331 g/mol. The Morgan fingerprint density at radius 2 is 1.96 bits per heavy atom. The first-order chi connectivity index (χ1) is 11.5. The molecule has 0 radical (unpaired) electrons. The van der Waals surface area contributed by atoms with Crippen LogP contribution >= 0.6 is 0 Å². The van der Waals surface area contributed by atoms with Crippen LogP contribution in [0, 0.1) is 5.92 Å². The number of amides is 3. The van der Waals surface area contributed by atoms with Crippen molar-refractivity contribution in [3.63, 3.8) is 0 Å². The summed E-state index contributed by atoms with van der Waals surface area (Å²) in [6, 6.07) is 8.07. The summed E-state index contributed by atoms with van der Waals surface area (Å²) in [7, 11) is 3.48. The molecule has 0 aromatic heterocycles. The second-order valence-electron chi connectivity index (χ2n) is 6.75. The van der Waals surface area contributed by atoms with Crippen LogP contribution in [0.1, 0.15) is 38.2 Å². The van der Waals surface area contributed by atoms with Crippen LogP contribution in [0.15, 0.2) is 24.3 Å². The molecule has 5 heteroatoms. The first-order valence-corrected chi connectivity index (χ1v) is 8.87. The fourth-order valence-electron chi connectivity index (χ4n) is 3.03. The number of carbonyl (C=O) groups excluding carboxylic acids is 2. The minimum atomic E-state index is -0.137. The third kappa shape index (κ3) is 4.98. The van der Waals surface area contributed by atoms with Crippen molar-refractivity contribution in [3.8, 4) is 0 Å². The molecule has 0 saturated carbocycles. The zero-order valence-electron chi connectivity index (χ0n) is 15.0. The molecule has 0 bridgehead atoms. The molecule has 24 heavy (non-hydrogen) atoms. The number of benzene rings is 1. The van der Waals surface area contributed by atoms with Crippen molar-refractivity contribution >= 4 is 17.6 Å². The number of rotatable bonds is 5. The highest BCUT2D eigenvalue weighted by Crippen LogP contribution is 2.20. The summed E-state index contributed by atoms with van der Waals surface area (Å²) in [5.41, 5.74) is 2.13. The number of anilines is 1. The quantitative estimate of drug-likeness (QED) is 0.899. The van der Waals surface area contributed by atoms with Crippen molar-refractivity contribution in [1.29, 1.82) is 0 Å². The number of hydrogen-bond donors (Lipinski definition) is 1. The van der Waals surface area contributed by atoms with E-state index in [1.165, 1.54) is 18.4 Å². The number of piperidine rings is 1. The summed E-state index contributed by atoms with van der Waals surface area (Å²) in [6.45, 7) is 3.41. The van der Waals surface area contributed by atoms with E-state index in [1.807, 2.05) is 12.1 Å². The lowest BCUT2D eigenvalue weighted by Crippen LogP contribution is -2.47. The van der Waals surface area contributed by atoms with Crippen molar-refractivity contribution in [1.82, 2.24) is 9.80 Å². The fourth-order valence-corrected chi connectivity index (χ4v) is 3.03. The van der Waals surface area contributed by atoms with Crippen LogP contribution in [0.2, 0.25) is 0 Å². The molecule has 0 aliphatic carbocycles. The second kappa shape index (κ2) is 8.71. The highest BCUT2D eigenvalue weighted by Gasteiger charge is 2.29. The van der Waals surface area contributed by atoms with Gasteiger partial charge in [-0.25, -0.2) is 4.79 Å². The highest BCUT2D eigenvalue weighted by atomic mass is 16.2. The lowest BCUT2D eigenvalue weighted by molar-refractivity contribution is -0.121. The third-order valence-electron chi connectivity index (χ3n) is 4.49. The lowest BCUT2D eigenvalue weighted by Gasteiger charge is -2.33. The number of aryl methyl sites for hydroxylation is 1. The first-order valence-electron chi connectivity index (χ1n) is 8.87. The number of unbranched alkanes of at least 4 members (excludes halogenated alkanes) is 1. The highest BCUT2D eigenvalue weighted by molar-refractivity contribution is 5.93. The van der Waals surface area contributed by atoms with E-state index >= 15 is 0 Å². The Labute approximate surface area is 145 Å². The molecule has 1 aromatic rings. The summed E-state index contributed by atoms with van der Waals surface area (Å²) < 4.78 is 0. The number of nitrogens with zero attached hydrogens (tertiary/aromatic N) is 2. The van der Waals surface area contributed by atoms with Gasteiger partial charge in [-0.1, -0.05) is 25.5 Å². The Balaban J connectivity index is 1.90. The van der Waals surface area contributed by atoms with E-state index in [1.54, 1.807) is 23.9 Å². The van der Waals surface area contributed by atoms with Crippen LogP contribution in [0.4, 0.5) is 10.5 Å². The van der Waals surface area contributed by atoms with Gasteiger partial charge in [-0.2, -0.15) is 0 Å². The predicted octanol–water partition coefficient (Wildman–Crippen LogP) is 3.36. The molecule has 1 aliphatic rings. The Hall–Kier alpha value is -2.04. The van der Waals surface area contributed by atoms with Crippen LogP contribution in [0.5, 0.6) is 0 Å². The molecule has 3 amide bonds. The van der Waals surface area contributed by atoms with Crippen molar-refractivity contribution in [2.24, 2.45) is 5.92 Å². The summed E-state index contributed by atoms with van der Waals surface area (Å²) in [5, 5.41) is 2.99. The molecule has 0 spiro atoms. The van der Waals surface area contributed by atoms with Crippen LogP contribution in [0.25, 0.3) is 0 Å². The maximum atomic E-state index is 12.5. The monoisotopic (exact) mass is 331 g/mol. The van der Waals surface area contributed by atoms with Crippen LogP contribution in [-0.4, -0.2) is 48.9 Å². The summed E-state index contributed by atoms with van der Waals surface area (Å²) in [5.74, 6) is -0.130. The number of likely N-dealkylation sites (tertiary alicyclic amines) is 1. The normalized spacial score (nSPS) is 17.5. The average Bonchev–Trinajstić information content (AvgIpc) is 2.60. The fraction of sp³-hybridized carbons (Fsp3) is 0.579. The SMILES string of the molecule is CCCCc1ccc(NC(=O)[C@H]2CCCN(C(=O)N(C)C)C2)cc1. The molecular weight excluding hydrogens is 302 g/mol. The maximum Gasteiger partial charge on any atom is 0.319 e. The molecule has 1 aromatic carbocycles. The van der Waals surface area contributed by atoms with E-state index in [2.05, 4.69) is 24.4 Å². The molecule has 1 heterocycles. The largest absolute Gasteiger partial charge is 0.331 e. The topological polar surface area (TPSA) is 52.7 Å². The Morgan fingerprint density at radius 3 is 2.58 bits per heavy atom. The van der Waals surface area contributed by atoms with Gasteiger partial charge in [-0.05, 0) is 43.4 Å². The third-order valence-corrected chi connectivity index (χ3v) is 4.49. The molecule has 5 nitrogen and oxygen atoms in total. The summed E-state index contributed by atoms with van der Waals surface area (Å²) in [4.78, 5) is 27.9.